The molecule has 2 N–H and O–H groups in total. The zero-order chi connectivity index (χ0) is 17.4. The molecule has 0 aliphatic heterocycles. The van der Waals surface area contributed by atoms with E-state index in [1.54, 1.807) is 0 Å². The van der Waals surface area contributed by atoms with Gasteiger partial charge in [0, 0.05) is 37.3 Å². The maximum atomic E-state index is 12.4. The Morgan fingerprint density at radius 2 is 2.20 bits per heavy atom. The Morgan fingerprint density at radius 3 is 3.08 bits per heavy atom. The molecule has 130 valence electrons. The molecule has 0 unspecified atom stereocenters. The number of aromatic nitrogens is 2. The molecule has 0 fully saturated rings. The van der Waals surface area contributed by atoms with Gasteiger partial charge in [-0.15, -0.1) is 0 Å². The second kappa shape index (κ2) is 6.37. The first-order valence-corrected chi connectivity index (χ1v) is 8.62. The van der Waals surface area contributed by atoms with Gasteiger partial charge in [0.25, 0.3) is 5.91 Å². The number of aliphatic hydroxyl groups excluding tert-OH is 1. The van der Waals surface area contributed by atoms with E-state index in [0.29, 0.717) is 5.69 Å². The molecule has 0 bridgehead atoms. The Kier molecular flexibility index (Phi) is 4.05. The number of amides is 1. The molecule has 0 radical (unpaired) electrons. The summed E-state index contributed by atoms with van der Waals surface area (Å²) in [5.41, 5.74) is 3.17. The van der Waals surface area contributed by atoms with Gasteiger partial charge in [-0.25, -0.2) is 0 Å². The van der Waals surface area contributed by atoms with Crippen LogP contribution in [-0.4, -0.2) is 27.3 Å². The van der Waals surface area contributed by atoms with E-state index in [9.17, 15) is 9.90 Å². The van der Waals surface area contributed by atoms with Crippen molar-refractivity contribution in [1.82, 2.24) is 15.0 Å². The Balaban J connectivity index is 1.44. The van der Waals surface area contributed by atoms with Gasteiger partial charge in [-0.1, -0.05) is 11.2 Å². The number of hydrogen-bond acceptors (Lipinski definition) is 4. The Hall–Kier alpha value is -2.60. The highest BCUT2D eigenvalue weighted by atomic mass is 16.5. The molecule has 1 atom stereocenters. The highest BCUT2D eigenvalue weighted by molar-refractivity contribution is 5.93. The van der Waals surface area contributed by atoms with Crippen LogP contribution < -0.4 is 5.32 Å². The number of aliphatic hydroxyl groups is 1. The molecule has 1 aliphatic rings. The minimum Gasteiger partial charge on any atom is -0.387 e. The summed E-state index contributed by atoms with van der Waals surface area (Å²) in [6.07, 6.45) is 5.01. The van der Waals surface area contributed by atoms with Crippen LogP contribution in [0.4, 0.5) is 0 Å². The molecule has 3 aromatic rings. The molecule has 0 spiro atoms. The molecule has 1 aliphatic carbocycles. The van der Waals surface area contributed by atoms with Crippen LogP contribution in [-0.2, 0) is 19.9 Å². The number of nitrogens with zero attached hydrogens (tertiary/aromatic N) is 2. The maximum Gasteiger partial charge on any atom is 0.273 e. The van der Waals surface area contributed by atoms with Crippen molar-refractivity contribution in [2.75, 3.05) is 6.54 Å². The molecule has 2 heterocycles. The Morgan fingerprint density at radius 1 is 1.36 bits per heavy atom. The number of fused-ring (bicyclic) bond motifs is 2. The molecule has 25 heavy (non-hydrogen) atoms. The molecule has 0 saturated carbocycles. The van der Waals surface area contributed by atoms with Gasteiger partial charge in [-0.05, 0) is 48.4 Å². The van der Waals surface area contributed by atoms with Gasteiger partial charge in [-0.3, -0.25) is 4.79 Å². The fraction of sp³-hybridized carbons (Fsp3) is 0.368. The number of benzene rings is 1. The highest BCUT2D eigenvalue weighted by Crippen LogP contribution is 2.24. The predicted octanol–water partition coefficient (Wildman–Crippen LogP) is 2.51. The van der Waals surface area contributed by atoms with E-state index >= 15 is 0 Å². The molecule has 4 rings (SSSR count). The fourth-order valence-electron chi connectivity index (χ4n) is 3.46. The van der Waals surface area contributed by atoms with Gasteiger partial charge >= 0.3 is 0 Å². The summed E-state index contributed by atoms with van der Waals surface area (Å²) in [5.74, 6) is 0.540. The summed E-state index contributed by atoms with van der Waals surface area (Å²) < 4.78 is 7.30. The Labute approximate surface area is 145 Å². The minimum absolute atomic E-state index is 0.138. The lowest BCUT2D eigenvalue weighted by molar-refractivity contribution is 0.0906. The van der Waals surface area contributed by atoms with Crippen molar-refractivity contribution in [3.8, 4) is 0 Å². The third kappa shape index (κ3) is 2.93. The van der Waals surface area contributed by atoms with Crippen molar-refractivity contribution < 1.29 is 14.4 Å². The topological polar surface area (TPSA) is 80.3 Å². The normalized spacial score (nSPS) is 15.1. The van der Waals surface area contributed by atoms with E-state index in [1.165, 1.54) is 0 Å². The summed E-state index contributed by atoms with van der Waals surface area (Å²) in [6.45, 7) is 0.138. The molecule has 2 aromatic heterocycles. The van der Waals surface area contributed by atoms with Crippen LogP contribution in [0.1, 0.15) is 46.3 Å². The van der Waals surface area contributed by atoms with E-state index in [2.05, 4.69) is 10.5 Å². The van der Waals surface area contributed by atoms with Crippen molar-refractivity contribution in [1.29, 1.82) is 0 Å². The van der Waals surface area contributed by atoms with Crippen LogP contribution in [0.2, 0.25) is 0 Å². The summed E-state index contributed by atoms with van der Waals surface area (Å²) in [6, 6.07) is 7.82. The molecule has 6 heteroatoms. The summed E-state index contributed by atoms with van der Waals surface area (Å²) in [5, 5.41) is 18.2. The first-order valence-electron chi connectivity index (χ1n) is 8.62. The highest BCUT2D eigenvalue weighted by Gasteiger charge is 2.24. The minimum atomic E-state index is -0.767. The second-order valence-corrected chi connectivity index (χ2v) is 6.61. The lowest BCUT2D eigenvalue weighted by Crippen LogP contribution is -2.29. The van der Waals surface area contributed by atoms with Crippen molar-refractivity contribution in [2.24, 2.45) is 7.05 Å². The molecular formula is C19H21N3O3. The standard InChI is InChI=1S/C19H21N3O3/c1-22-9-8-12-10-13(6-7-15(12)22)16(23)11-20-19(24)18-14-4-2-3-5-17(14)25-21-18/h6-10,16,23H,2-5,11H2,1H3,(H,20,24)/t16-/m0/s1. The van der Waals surface area contributed by atoms with Crippen LogP contribution in [0.5, 0.6) is 0 Å². The van der Waals surface area contributed by atoms with Gasteiger partial charge in [0.15, 0.2) is 5.69 Å². The number of hydrogen-bond donors (Lipinski definition) is 2. The second-order valence-electron chi connectivity index (χ2n) is 6.61. The van der Waals surface area contributed by atoms with Crippen molar-refractivity contribution in [3.63, 3.8) is 0 Å². The van der Waals surface area contributed by atoms with Crippen LogP contribution in [0.15, 0.2) is 35.0 Å². The van der Waals surface area contributed by atoms with E-state index in [-0.39, 0.29) is 12.5 Å². The summed E-state index contributed by atoms with van der Waals surface area (Å²) in [4.78, 5) is 12.4. The van der Waals surface area contributed by atoms with E-state index < -0.39 is 6.10 Å². The van der Waals surface area contributed by atoms with Crippen LogP contribution in [0.3, 0.4) is 0 Å². The summed E-state index contributed by atoms with van der Waals surface area (Å²) in [7, 11) is 1.98. The fourth-order valence-corrected chi connectivity index (χ4v) is 3.46. The first kappa shape index (κ1) is 15.9. The number of nitrogens with one attached hydrogen (secondary N) is 1. The van der Waals surface area contributed by atoms with Crippen molar-refractivity contribution in [3.05, 3.63) is 53.0 Å². The molecule has 1 aromatic carbocycles. The van der Waals surface area contributed by atoms with Gasteiger partial charge in [0.2, 0.25) is 0 Å². The number of carbonyl (C=O) groups is 1. The third-order valence-corrected chi connectivity index (χ3v) is 4.92. The van der Waals surface area contributed by atoms with Crippen molar-refractivity contribution >= 4 is 16.8 Å². The summed E-state index contributed by atoms with van der Waals surface area (Å²) >= 11 is 0. The smallest absolute Gasteiger partial charge is 0.273 e. The predicted molar refractivity (Wildman–Crippen MR) is 93.4 cm³/mol. The van der Waals surface area contributed by atoms with Crippen molar-refractivity contribution in [2.45, 2.75) is 31.8 Å². The van der Waals surface area contributed by atoms with Gasteiger partial charge in [0.05, 0.1) is 6.10 Å². The van der Waals surface area contributed by atoms with E-state index in [1.807, 2.05) is 42.1 Å². The Bertz CT molecular complexity index is 925. The SMILES string of the molecule is Cn1ccc2cc([C@@H](O)CNC(=O)c3noc4c3CCCC4)ccc21. The van der Waals surface area contributed by atoms with Gasteiger partial charge in [-0.2, -0.15) is 0 Å². The van der Waals surface area contributed by atoms with Crippen LogP contribution in [0, 0.1) is 0 Å². The maximum absolute atomic E-state index is 12.4. The van der Waals surface area contributed by atoms with Crippen LogP contribution >= 0.6 is 0 Å². The lowest BCUT2D eigenvalue weighted by atomic mass is 9.96. The average Bonchev–Trinajstić information content (AvgIpc) is 3.23. The van der Waals surface area contributed by atoms with Crippen LogP contribution in [0.25, 0.3) is 10.9 Å². The third-order valence-electron chi connectivity index (χ3n) is 4.92. The quantitative estimate of drug-likeness (QED) is 0.765. The number of rotatable bonds is 4. The molecule has 1 amide bonds. The largest absolute Gasteiger partial charge is 0.387 e. The molecule has 6 nitrogen and oxygen atoms in total. The average molecular weight is 339 g/mol. The zero-order valence-electron chi connectivity index (χ0n) is 14.2. The van der Waals surface area contributed by atoms with Gasteiger partial charge in [0.1, 0.15) is 5.76 Å². The van der Waals surface area contributed by atoms with E-state index in [4.69, 9.17) is 4.52 Å². The number of aryl methyl sites for hydroxylation is 2. The monoisotopic (exact) mass is 339 g/mol. The first-order chi connectivity index (χ1) is 12.1. The zero-order valence-corrected chi connectivity index (χ0v) is 14.2. The number of carbonyl (C=O) groups excluding carboxylic acids is 1. The molecule has 0 saturated heterocycles. The lowest BCUT2D eigenvalue weighted by Gasteiger charge is -2.13. The van der Waals surface area contributed by atoms with Gasteiger partial charge < -0.3 is 19.5 Å². The van der Waals surface area contributed by atoms with E-state index in [0.717, 1.165) is 53.5 Å². The molecular weight excluding hydrogens is 318 g/mol.